The third-order valence-corrected chi connectivity index (χ3v) is 37.8. The van der Waals surface area contributed by atoms with Gasteiger partial charge in [-0.25, -0.2) is 0 Å². The number of halogens is 2. The van der Waals surface area contributed by atoms with Crippen molar-refractivity contribution in [2.45, 2.75) is 32.7 Å². The van der Waals surface area contributed by atoms with E-state index in [0.717, 1.165) is 16.8 Å². The van der Waals surface area contributed by atoms with Gasteiger partial charge in [0, 0.05) is 0 Å². The van der Waals surface area contributed by atoms with Gasteiger partial charge in [0.1, 0.15) is 0 Å². The number of hydrogen-bond donors (Lipinski definition) is 3. The van der Waals surface area contributed by atoms with Crippen LogP contribution in [0.2, 0.25) is 0 Å². The van der Waals surface area contributed by atoms with Crippen LogP contribution < -0.4 is 10.1 Å². The van der Waals surface area contributed by atoms with Crippen molar-refractivity contribution < 1.29 is 29.3 Å². The molecule has 0 aliphatic heterocycles. The van der Waals surface area contributed by atoms with Crippen molar-refractivity contribution in [2.75, 3.05) is 19.7 Å². The van der Waals surface area contributed by atoms with Gasteiger partial charge in [-0.1, -0.05) is 0 Å². The zero-order chi connectivity index (χ0) is 21.6. The summed E-state index contributed by atoms with van der Waals surface area (Å²) in [6.07, 6.45) is -1.53. The number of carbonyl (C=O) groups is 3. The first kappa shape index (κ1) is 24.7. The second kappa shape index (κ2) is 10.5. The molecule has 10 heteroatoms. The van der Waals surface area contributed by atoms with Crippen LogP contribution in [-0.2, 0) is 9.59 Å². The molecule has 1 atom stereocenters. The Morgan fingerprint density at radius 2 is 1.79 bits per heavy atom. The molecule has 0 spiro atoms. The maximum absolute atomic E-state index is 12.1. The predicted octanol–water partition coefficient (Wildman–Crippen LogP) is 4.51. The van der Waals surface area contributed by atoms with E-state index < -0.39 is 54.2 Å². The Balaban J connectivity index is 2.98. The number of alkyl halides is 4. The number of carboxylic acids is 2. The molecule has 0 aromatic heterocycles. The molecule has 1 rings (SSSR count). The van der Waals surface area contributed by atoms with Crippen LogP contribution in [0.4, 0.5) is 10.5 Å². The summed E-state index contributed by atoms with van der Waals surface area (Å²) in [5.74, 6) is -2.12. The Morgan fingerprint density at radius 1 is 1.18 bits per heavy atom. The topological polar surface area (TPSA) is 125 Å². The van der Waals surface area contributed by atoms with E-state index in [1.807, 2.05) is 19.9 Å². The van der Waals surface area contributed by atoms with E-state index in [1.165, 1.54) is 0 Å². The first-order valence-electron chi connectivity index (χ1n) is 8.27. The summed E-state index contributed by atoms with van der Waals surface area (Å²) in [5, 5.41) is 20.0. The van der Waals surface area contributed by atoms with Crippen molar-refractivity contribution in [1.29, 1.82) is 0 Å². The predicted molar refractivity (Wildman–Crippen MR) is 127 cm³/mol. The van der Waals surface area contributed by atoms with E-state index >= 15 is 0 Å². The number of nitrogens with one attached hydrogen (secondary N) is 1. The van der Waals surface area contributed by atoms with Crippen molar-refractivity contribution in [2.24, 2.45) is 3.15 Å². The van der Waals surface area contributed by atoms with Crippen LogP contribution >= 0.6 is 30.1 Å². The fraction of sp³-hybridized carbons (Fsp3) is 0.500. The summed E-state index contributed by atoms with van der Waals surface area (Å²) in [6, 6.07) is 2.16. The third-order valence-electron chi connectivity index (χ3n) is 4.14. The Hall–Kier alpha value is -1.31. The molecular weight excluding hydrogens is 594 g/mol. The number of rotatable bonds is 8. The molecule has 0 saturated carbocycles. The zero-order valence-corrected chi connectivity index (χ0v) is 21.2. The summed E-state index contributed by atoms with van der Waals surface area (Å²) < 4.78 is 10.3. The summed E-state index contributed by atoms with van der Waals surface area (Å²) in [7, 11) is 0. The van der Waals surface area contributed by atoms with Gasteiger partial charge >= 0.3 is 163 Å². The number of carboxylic acid groups (broad SMARTS) is 2. The van der Waals surface area contributed by atoms with E-state index in [9.17, 15) is 14.4 Å². The number of carbonyl (C=O) groups excluding carboxylic acids is 1. The number of benzene rings is 1. The van der Waals surface area contributed by atoms with E-state index in [2.05, 4.69) is 25.0 Å². The van der Waals surface area contributed by atoms with Gasteiger partial charge in [-0.3, -0.25) is 4.79 Å². The Morgan fingerprint density at radius 3 is 2.29 bits per heavy atom. The van der Waals surface area contributed by atoms with Gasteiger partial charge in [-0.2, -0.15) is 0 Å². The molecule has 160 valence electrons. The number of aliphatic carboxylic acids is 2. The number of nitrogens with zero attached hydrogens (tertiary/aromatic N) is 1. The van der Waals surface area contributed by atoms with Crippen LogP contribution in [0.25, 0.3) is 0 Å². The van der Waals surface area contributed by atoms with Crippen molar-refractivity contribution in [3.63, 3.8) is 0 Å². The third kappa shape index (κ3) is 7.26. The van der Waals surface area contributed by atoms with E-state index in [0.29, 0.717) is 5.75 Å². The zero-order valence-electron chi connectivity index (χ0n) is 16.9. The van der Waals surface area contributed by atoms with Gasteiger partial charge in [-0.15, -0.1) is 0 Å². The number of ether oxygens (including phenoxy) is 1. The van der Waals surface area contributed by atoms with Crippen molar-refractivity contribution in [3.8, 4) is 5.75 Å². The monoisotopic (exact) mass is 622 g/mol. The Kier molecular flexibility index (Phi) is 9.24. The summed E-state index contributed by atoms with van der Waals surface area (Å²) in [5.41, 5.74) is 2.61. The quantitative estimate of drug-likeness (QED) is 0.290. The molecule has 0 saturated heterocycles. The van der Waals surface area contributed by atoms with Crippen LogP contribution in [0.5, 0.6) is 5.75 Å². The molecule has 0 aliphatic carbocycles. The molecular formula is C18H28I2N2O6. The van der Waals surface area contributed by atoms with Crippen molar-refractivity contribution >= 4 is 53.9 Å². The number of amides is 1. The van der Waals surface area contributed by atoms with Gasteiger partial charge in [0.15, 0.2) is 0 Å². The average Bonchev–Trinajstić information content (AvgIpc) is 2.57. The fourth-order valence-corrected chi connectivity index (χ4v) is 7.95. The molecule has 0 heterocycles. The summed E-state index contributed by atoms with van der Waals surface area (Å²) >= 11 is -3.10. The molecule has 0 fully saturated rings. The van der Waals surface area contributed by atoms with Crippen LogP contribution in [0, 0.1) is 13.8 Å². The van der Waals surface area contributed by atoms with Gasteiger partial charge in [0.25, 0.3) is 0 Å². The van der Waals surface area contributed by atoms with Crippen molar-refractivity contribution in [3.05, 3.63) is 23.3 Å². The van der Waals surface area contributed by atoms with Gasteiger partial charge in [0.05, 0.1) is 0 Å². The molecule has 1 aromatic rings. The van der Waals surface area contributed by atoms with Gasteiger partial charge < -0.3 is 5.11 Å². The summed E-state index contributed by atoms with van der Waals surface area (Å²) in [4.78, 5) is 43.2. The molecule has 0 radical (unpaired) electrons. The molecule has 1 unspecified atom stereocenters. The van der Waals surface area contributed by atoms with E-state index in [-0.39, 0.29) is 12.8 Å². The first-order chi connectivity index (χ1) is 12.8. The van der Waals surface area contributed by atoms with Crippen LogP contribution in [0.3, 0.4) is 0 Å². The average molecular weight is 622 g/mol. The van der Waals surface area contributed by atoms with E-state index in [1.54, 1.807) is 6.07 Å². The standard InChI is InChI=1S/C18H28I2N2O6/c1-11-12(2)15(9-7-13(11)22-20(5,6)19(3)4)28-18(27)21-14(17(25)26)8-10-16(23)24/h7,9,14H,8,10H2,1-6H3,(H,21,27)(H,23,24)(H,25,26). The fourth-order valence-electron chi connectivity index (χ4n) is 2.06. The first-order valence-corrected chi connectivity index (χ1v) is 24.1. The van der Waals surface area contributed by atoms with Gasteiger partial charge in [0.2, 0.25) is 0 Å². The van der Waals surface area contributed by atoms with Crippen LogP contribution in [0.1, 0.15) is 24.0 Å². The van der Waals surface area contributed by atoms with Crippen LogP contribution in [0.15, 0.2) is 15.3 Å². The second-order valence-electron chi connectivity index (χ2n) is 6.50. The molecule has 3 N–H and O–H groups in total. The molecule has 1 aromatic carbocycles. The Labute approximate surface area is 172 Å². The number of hydrogen-bond acceptors (Lipinski definition) is 5. The second-order valence-corrected chi connectivity index (χ2v) is 41.2. The van der Waals surface area contributed by atoms with Crippen molar-refractivity contribution in [1.82, 2.24) is 5.32 Å². The Bertz CT molecular complexity index is 817. The minimum atomic E-state index is -2.08. The SMILES string of the molecule is Cc1c(N=I(C)(C)I(C)C)ccc(OC(=O)NC(CCC(=O)O)C(=O)O)c1C. The van der Waals surface area contributed by atoms with Crippen LogP contribution in [-0.4, -0.2) is 54.0 Å². The molecule has 1 amide bonds. The molecule has 0 aliphatic rings. The minimum absolute atomic E-state index is 0.226. The molecule has 8 nitrogen and oxygen atoms in total. The molecule has 28 heavy (non-hydrogen) atoms. The van der Waals surface area contributed by atoms with Gasteiger partial charge in [-0.05, 0) is 0 Å². The molecule has 0 bridgehead atoms. The van der Waals surface area contributed by atoms with E-state index in [4.69, 9.17) is 18.1 Å². The summed E-state index contributed by atoms with van der Waals surface area (Å²) in [6.45, 7) is 3.75. The normalized spacial score (nSPS) is 13.3. The maximum atomic E-state index is 12.1.